The van der Waals surface area contributed by atoms with Crippen LogP contribution in [0.2, 0.25) is 0 Å². The fraction of sp³-hybridized carbons (Fsp3) is 0.167. The van der Waals surface area contributed by atoms with Gasteiger partial charge in [-0.2, -0.15) is 0 Å². The summed E-state index contributed by atoms with van der Waals surface area (Å²) in [6.45, 7) is 1.64. The van der Waals surface area contributed by atoms with Crippen LogP contribution < -0.4 is 19.7 Å². The second-order valence-corrected chi connectivity index (χ2v) is 9.25. The van der Waals surface area contributed by atoms with E-state index in [1.54, 1.807) is 72.8 Å². The van der Waals surface area contributed by atoms with Gasteiger partial charge in [0, 0.05) is 25.3 Å². The first kappa shape index (κ1) is 23.8. The number of rotatable bonds is 8. The van der Waals surface area contributed by atoms with Crippen molar-refractivity contribution in [2.24, 2.45) is 0 Å². The third kappa shape index (κ3) is 5.89. The molecule has 0 saturated heterocycles. The quantitative estimate of drug-likeness (QED) is 0.529. The van der Waals surface area contributed by atoms with Crippen LogP contribution in [0.5, 0.6) is 5.75 Å². The Hall–Kier alpha value is -3.85. The third-order valence-corrected chi connectivity index (χ3v) is 6.68. The van der Waals surface area contributed by atoms with Crippen molar-refractivity contribution in [3.63, 3.8) is 0 Å². The SMILES string of the molecule is CNC(=O)c1cccc(NC(=O)COc2ccc(N(C)S(=O)(=O)c3ccc(C)cc3)cc2)c1. The maximum absolute atomic E-state index is 12.8. The number of hydrogen-bond acceptors (Lipinski definition) is 5. The van der Waals surface area contributed by atoms with Crippen molar-refractivity contribution in [1.82, 2.24) is 5.32 Å². The van der Waals surface area contributed by atoms with E-state index in [1.165, 1.54) is 18.4 Å². The van der Waals surface area contributed by atoms with Crippen molar-refractivity contribution in [3.05, 3.63) is 83.9 Å². The second kappa shape index (κ2) is 10.2. The highest BCUT2D eigenvalue weighted by atomic mass is 32.2. The first-order valence-corrected chi connectivity index (χ1v) is 11.5. The van der Waals surface area contributed by atoms with Gasteiger partial charge in [0.05, 0.1) is 10.6 Å². The summed E-state index contributed by atoms with van der Waals surface area (Å²) >= 11 is 0. The van der Waals surface area contributed by atoms with Gasteiger partial charge in [0.2, 0.25) is 0 Å². The molecule has 33 heavy (non-hydrogen) atoms. The summed E-state index contributed by atoms with van der Waals surface area (Å²) in [5.74, 6) is -0.238. The maximum atomic E-state index is 12.8. The fourth-order valence-corrected chi connectivity index (χ4v) is 4.18. The highest BCUT2D eigenvalue weighted by Crippen LogP contribution is 2.24. The molecule has 0 aliphatic rings. The summed E-state index contributed by atoms with van der Waals surface area (Å²) in [4.78, 5) is 24.1. The summed E-state index contributed by atoms with van der Waals surface area (Å²) in [6.07, 6.45) is 0. The summed E-state index contributed by atoms with van der Waals surface area (Å²) in [5, 5.41) is 5.20. The number of amides is 2. The third-order valence-electron chi connectivity index (χ3n) is 4.89. The minimum absolute atomic E-state index is 0.202. The molecule has 0 aliphatic carbocycles. The van der Waals surface area contributed by atoms with Crippen molar-refractivity contribution in [3.8, 4) is 5.75 Å². The molecule has 0 aliphatic heterocycles. The molecular weight excluding hydrogens is 442 g/mol. The van der Waals surface area contributed by atoms with Crippen LogP contribution in [0.3, 0.4) is 0 Å². The number of nitrogens with one attached hydrogen (secondary N) is 2. The molecule has 3 aromatic carbocycles. The maximum Gasteiger partial charge on any atom is 0.264 e. The Labute approximate surface area is 193 Å². The van der Waals surface area contributed by atoms with Gasteiger partial charge < -0.3 is 15.4 Å². The lowest BCUT2D eigenvalue weighted by Crippen LogP contribution is -2.26. The molecule has 0 unspecified atom stereocenters. The van der Waals surface area contributed by atoms with Crippen LogP contribution in [-0.2, 0) is 14.8 Å². The number of carbonyl (C=O) groups is 2. The minimum atomic E-state index is -3.69. The van der Waals surface area contributed by atoms with E-state index in [0.717, 1.165) is 5.56 Å². The van der Waals surface area contributed by atoms with Crippen LogP contribution in [0.1, 0.15) is 15.9 Å². The molecule has 0 fully saturated rings. The van der Waals surface area contributed by atoms with Crippen LogP contribution >= 0.6 is 0 Å². The number of carbonyl (C=O) groups excluding carboxylic acids is 2. The lowest BCUT2D eigenvalue weighted by atomic mass is 10.2. The Morgan fingerprint density at radius 1 is 0.970 bits per heavy atom. The van der Waals surface area contributed by atoms with Crippen LogP contribution in [0, 0.1) is 6.92 Å². The predicted octanol–water partition coefficient (Wildman–Crippen LogP) is 3.20. The molecule has 0 heterocycles. The predicted molar refractivity (Wildman–Crippen MR) is 127 cm³/mol. The fourth-order valence-electron chi connectivity index (χ4n) is 2.99. The number of hydrogen-bond donors (Lipinski definition) is 2. The zero-order valence-corrected chi connectivity index (χ0v) is 19.3. The molecule has 3 aromatic rings. The van der Waals surface area contributed by atoms with Gasteiger partial charge in [0.1, 0.15) is 5.75 Å². The van der Waals surface area contributed by atoms with E-state index in [-0.39, 0.29) is 17.4 Å². The van der Waals surface area contributed by atoms with Crippen LogP contribution in [0.15, 0.2) is 77.7 Å². The Bertz CT molecular complexity index is 1240. The lowest BCUT2D eigenvalue weighted by Gasteiger charge is -2.20. The molecule has 0 radical (unpaired) electrons. The van der Waals surface area contributed by atoms with Gasteiger partial charge in [-0.15, -0.1) is 0 Å². The number of benzene rings is 3. The summed E-state index contributed by atoms with van der Waals surface area (Å²) in [7, 11) is -0.686. The first-order chi connectivity index (χ1) is 15.7. The van der Waals surface area contributed by atoms with E-state index in [0.29, 0.717) is 22.7 Å². The van der Waals surface area contributed by atoms with E-state index >= 15 is 0 Å². The Kier molecular flexibility index (Phi) is 7.34. The molecule has 0 aromatic heterocycles. The van der Waals surface area contributed by atoms with E-state index < -0.39 is 15.9 Å². The van der Waals surface area contributed by atoms with Gasteiger partial charge in [-0.3, -0.25) is 13.9 Å². The Morgan fingerprint density at radius 3 is 2.27 bits per heavy atom. The molecule has 0 bridgehead atoms. The molecule has 2 amide bonds. The smallest absolute Gasteiger partial charge is 0.264 e. The molecule has 172 valence electrons. The van der Waals surface area contributed by atoms with Crippen LogP contribution in [-0.4, -0.2) is 40.9 Å². The summed E-state index contributed by atoms with van der Waals surface area (Å²) in [5.41, 5.74) is 2.33. The standard InChI is InChI=1S/C24H25N3O5S/c1-17-7-13-22(14-8-17)33(30,31)27(3)20-9-11-21(12-10-20)32-16-23(28)26-19-6-4-5-18(15-19)24(29)25-2/h4-15H,16H2,1-3H3,(H,25,29)(H,26,28). The molecule has 0 spiro atoms. The monoisotopic (exact) mass is 467 g/mol. The molecule has 2 N–H and O–H groups in total. The zero-order valence-electron chi connectivity index (χ0n) is 18.5. The lowest BCUT2D eigenvalue weighted by molar-refractivity contribution is -0.118. The Balaban J connectivity index is 1.60. The topological polar surface area (TPSA) is 105 Å². The van der Waals surface area contributed by atoms with Crippen molar-refractivity contribution in [1.29, 1.82) is 0 Å². The molecular formula is C24H25N3O5S. The average molecular weight is 468 g/mol. The van der Waals surface area contributed by atoms with Gasteiger partial charge in [-0.05, 0) is 61.5 Å². The number of nitrogens with zero attached hydrogens (tertiary/aromatic N) is 1. The average Bonchev–Trinajstić information content (AvgIpc) is 2.82. The van der Waals surface area contributed by atoms with Crippen molar-refractivity contribution in [2.45, 2.75) is 11.8 Å². The van der Waals surface area contributed by atoms with E-state index in [9.17, 15) is 18.0 Å². The number of aryl methyl sites for hydroxylation is 1. The van der Waals surface area contributed by atoms with Crippen LogP contribution in [0.4, 0.5) is 11.4 Å². The molecule has 8 nitrogen and oxygen atoms in total. The molecule has 3 rings (SSSR count). The molecule has 0 atom stereocenters. The second-order valence-electron chi connectivity index (χ2n) is 7.28. The highest BCUT2D eigenvalue weighted by Gasteiger charge is 2.21. The number of sulfonamides is 1. The van der Waals surface area contributed by atoms with Gasteiger partial charge in [-0.25, -0.2) is 8.42 Å². The van der Waals surface area contributed by atoms with Crippen molar-refractivity contribution in [2.75, 3.05) is 30.3 Å². The van der Waals surface area contributed by atoms with E-state index in [2.05, 4.69) is 10.6 Å². The van der Waals surface area contributed by atoms with Gasteiger partial charge in [-0.1, -0.05) is 23.8 Å². The van der Waals surface area contributed by atoms with Crippen LogP contribution in [0.25, 0.3) is 0 Å². The summed E-state index contributed by atoms with van der Waals surface area (Å²) < 4.78 is 32.3. The highest BCUT2D eigenvalue weighted by molar-refractivity contribution is 7.92. The minimum Gasteiger partial charge on any atom is -0.484 e. The first-order valence-electron chi connectivity index (χ1n) is 10.1. The molecule has 9 heteroatoms. The van der Waals surface area contributed by atoms with Gasteiger partial charge >= 0.3 is 0 Å². The summed E-state index contributed by atoms with van der Waals surface area (Å²) in [6, 6.07) is 19.6. The van der Waals surface area contributed by atoms with E-state index in [1.807, 2.05) is 6.92 Å². The number of anilines is 2. The normalized spacial score (nSPS) is 10.9. The van der Waals surface area contributed by atoms with Crippen molar-refractivity contribution < 1.29 is 22.7 Å². The largest absolute Gasteiger partial charge is 0.484 e. The Morgan fingerprint density at radius 2 is 1.64 bits per heavy atom. The van der Waals surface area contributed by atoms with Crippen molar-refractivity contribution >= 4 is 33.2 Å². The molecule has 0 saturated carbocycles. The number of ether oxygens (including phenoxy) is 1. The zero-order chi connectivity index (χ0) is 24.0. The van der Waals surface area contributed by atoms with Gasteiger partial charge in [0.15, 0.2) is 6.61 Å². The van der Waals surface area contributed by atoms with E-state index in [4.69, 9.17) is 4.74 Å². The van der Waals surface area contributed by atoms with Gasteiger partial charge in [0.25, 0.3) is 21.8 Å².